The molecule has 19 heavy (non-hydrogen) atoms. The van der Waals surface area contributed by atoms with Crippen molar-refractivity contribution in [2.45, 2.75) is 25.7 Å². The van der Waals surface area contributed by atoms with Gasteiger partial charge in [0.2, 0.25) is 0 Å². The maximum Gasteiger partial charge on any atom is 0.198 e. The van der Waals surface area contributed by atoms with E-state index in [9.17, 15) is 4.79 Å². The Morgan fingerprint density at radius 2 is 2.11 bits per heavy atom. The van der Waals surface area contributed by atoms with Crippen LogP contribution >= 0.6 is 0 Å². The third-order valence-corrected chi connectivity index (χ3v) is 3.72. The Labute approximate surface area is 112 Å². The monoisotopic (exact) mass is 257 g/mol. The van der Waals surface area contributed by atoms with E-state index >= 15 is 0 Å². The number of furan rings is 1. The van der Waals surface area contributed by atoms with Crippen LogP contribution in [0.3, 0.4) is 0 Å². The highest BCUT2D eigenvalue weighted by Gasteiger charge is 2.15. The number of hydrogen-bond donors (Lipinski definition) is 0. The van der Waals surface area contributed by atoms with E-state index in [4.69, 9.17) is 9.15 Å². The zero-order valence-electron chi connectivity index (χ0n) is 10.9. The van der Waals surface area contributed by atoms with Crippen molar-refractivity contribution < 1.29 is 13.9 Å². The molecule has 1 aromatic heterocycles. The Kier molecular flexibility index (Phi) is 3.28. The number of Topliss-reactive ketones (excluding diaryl/α,β-unsaturated/α-hetero) is 1. The summed E-state index contributed by atoms with van der Waals surface area (Å²) in [6.45, 7) is 4.13. The van der Waals surface area contributed by atoms with E-state index in [1.54, 1.807) is 6.07 Å². The molecule has 3 nitrogen and oxygen atoms in total. The van der Waals surface area contributed by atoms with Gasteiger partial charge < -0.3 is 9.15 Å². The summed E-state index contributed by atoms with van der Waals surface area (Å²) in [6, 6.07) is 7.36. The number of fused-ring (bicyclic) bond motifs is 1. The van der Waals surface area contributed by atoms with Gasteiger partial charge in [0, 0.05) is 12.3 Å². The number of ether oxygens (including phenoxy) is 1. The highest BCUT2D eigenvalue weighted by Crippen LogP contribution is 2.28. The number of rotatable bonds is 4. The molecule has 0 unspecified atom stereocenters. The molecular weight excluding hydrogens is 240 g/mol. The van der Waals surface area contributed by atoms with Gasteiger partial charge in [0.25, 0.3) is 0 Å². The lowest BCUT2D eigenvalue weighted by atomic mass is 10.1. The van der Waals surface area contributed by atoms with Crippen LogP contribution in [0.5, 0.6) is 5.75 Å². The first-order valence-electron chi connectivity index (χ1n) is 6.75. The number of ketones is 1. The van der Waals surface area contributed by atoms with Crippen LogP contribution < -0.4 is 4.74 Å². The summed E-state index contributed by atoms with van der Waals surface area (Å²) in [6.07, 6.45) is 5.19. The van der Waals surface area contributed by atoms with Gasteiger partial charge in [-0.1, -0.05) is 12.8 Å². The fourth-order valence-corrected chi connectivity index (χ4v) is 2.64. The summed E-state index contributed by atoms with van der Waals surface area (Å²) in [5, 5.41) is 0.885. The molecule has 0 spiro atoms. The molecule has 1 heterocycles. The summed E-state index contributed by atoms with van der Waals surface area (Å²) >= 11 is 0. The minimum absolute atomic E-state index is 0.294. The average Bonchev–Trinajstić information content (AvgIpc) is 3.04. The molecule has 0 atom stereocenters. The normalized spacial score (nSPS) is 16.1. The number of carbonyl (C=O) groups excluding carboxylic acids is 1. The van der Waals surface area contributed by atoms with Crippen molar-refractivity contribution in [1.29, 1.82) is 0 Å². The van der Waals surface area contributed by atoms with Crippen LogP contribution in [0.25, 0.3) is 11.0 Å². The second-order valence-electron chi connectivity index (χ2n) is 5.19. The first kappa shape index (κ1) is 12.3. The number of carbonyl (C=O) groups is 1. The summed E-state index contributed by atoms with van der Waals surface area (Å²) in [7, 11) is 0. The second-order valence-corrected chi connectivity index (χ2v) is 5.19. The predicted octanol–water partition coefficient (Wildman–Crippen LogP) is 4.02. The SMILES string of the molecule is [CH2]C(=O)c1cc2cc(OCC3CCCC3)ccc2o1. The van der Waals surface area contributed by atoms with Crippen molar-refractivity contribution in [1.82, 2.24) is 0 Å². The molecule has 1 fully saturated rings. The third-order valence-electron chi connectivity index (χ3n) is 3.72. The van der Waals surface area contributed by atoms with E-state index < -0.39 is 0 Å². The lowest BCUT2D eigenvalue weighted by Crippen LogP contribution is -2.07. The lowest BCUT2D eigenvalue weighted by Gasteiger charge is -2.10. The van der Waals surface area contributed by atoms with Crippen molar-refractivity contribution in [3.8, 4) is 5.75 Å². The molecular formula is C16H17O3. The van der Waals surface area contributed by atoms with Crippen LogP contribution in [0.1, 0.15) is 36.2 Å². The topological polar surface area (TPSA) is 39.4 Å². The van der Waals surface area contributed by atoms with Gasteiger partial charge in [-0.15, -0.1) is 0 Å². The quantitative estimate of drug-likeness (QED) is 0.776. The second kappa shape index (κ2) is 5.08. The van der Waals surface area contributed by atoms with Crippen LogP contribution in [0.4, 0.5) is 0 Å². The summed E-state index contributed by atoms with van der Waals surface area (Å²) in [4.78, 5) is 11.2. The van der Waals surface area contributed by atoms with Crippen LogP contribution in [-0.2, 0) is 0 Å². The molecule has 0 bridgehead atoms. The van der Waals surface area contributed by atoms with Crippen molar-refractivity contribution in [3.05, 3.63) is 36.9 Å². The number of benzene rings is 1. The Bertz CT molecular complexity index is 591. The first-order valence-corrected chi connectivity index (χ1v) is 6.75. The van der Waals surface area contributed by atoms with E-state index in [0.717, 1.165) is 17.7 Å². The van der Waals surface area contributed by atoms with E-state index in [1.165, 1.54) is 25.7 Å². The van der Waals surface area contributed by atoms with Crippen molar-refractivity contribution in [2.75, 3.05) is 6.61 Å². The molecule has 99 valence electrons. The average molecular weight is 257 g/mol. The number of hydrogen-bond acceptors (Lipinski definition) is 3. The third kappa shape index (κ3) is 2.65. The summed E-state index contributed by atoms with van der Waals surface area (Å²) < 4.78 is 11.2. The minimum Gasteiger partial charge on any atom is -0.493 e. The molecule has 0 aliphatic heterocycles. The Balaban J connectivity index is 1.74. The molecule has 0 saturated heterocycles. The van der Waals surface area contributed by atoms with E-state index in [0.29, 0.717) is 17.3 Å². The molecule has 0 N–H and O–H groups in total. The van der Waals surface area contributed by atoms with E-state index in [2.05, 4.69) is 6.92 Å². The van der Waals surface area contributed by atoms with Gasteiger partial charge in [-0.05, 0) is 43.0 Å². The summed E-state index contributed by atoms with van der Waals surface area (Å²) in [5.41, 5.74) is 0.695. The van der Waals surface area contributed by atoms with E-state index in [-0.39, 0.29) is 5.78 Å². The maximum absolute atomic E-state index is 11.2. The highest BCUT2D eigenvalue weighted by atomic mass is 16.5. The van der Waals surface area contributed by atoms with Crippen molar-refractivity contribution >= 4 is 16.8 Å². The molecule has 1 saturated carbocycles. The zero-order valence-corrected chi connectivity index (χ0v) is 10.9. The first-order chi connectivity index (χ1) is 9.22. The molecule has 1 radical (unpaired) electrons. The Morgan fingerprint density at radius 3 is 2.84 bits per heavy atom. The molecule has 0 amide bonds. The molecule has 3 rings (SSSR count). The molecule has 2 aromatic rings. The smallest absolute Gasteiger partial charge is 0.198 e. The predicted molar refractivity (Wildman–Crippen MR) is 73.4 cm³/mol. The van der Waals surface area contributed by atoms with Crippen molar-refractivity contribution in [2.24, 2.45) is 5.92 Å². The van der Waals surface area contributed by atoms with Gasteiger partial charge in [-0.3, -0.25) is 4.79 Å². The largest absolute Gasteiger partial charge is 0.493 e. The van der Waals surface area contributed by atoms with Gasteiger partial charge in [0.1, 0.15) is 11.3 Å². The lowest BCUT2D eigenvalue weighted by molar-refractivity contribution is 0.102. The fourth-order valence-electron chi connectivity index (χ4n) is 2.64. The maximum atomic E-state index is 11.2. The van der Waals surface area contributed by atoms with Crippen LogP contribution in [0, 0.1) is 12.8 Å². The molecule has 1 aliphatic rings. The Morgan fingerprint density at radius 1 is 1.32 bits per heavy atom. The van der Waals surface area contributed by atoms with Gasteiger partial charge >= 0.3 is 0 Å². The van der Waals surface area contributed by atoms with Crippen molar-refractivity contribution in [3.63, 3.8) is 0 Å². The highest BCUT2D eigenvalue weighted by molar-refractivity contribution is 6.00. The van der Waals surface area contributed by atoms with Crippen LogP contribution in [0.2, 0.25) is 0 Å². The molecule has 1 aromatic carbocycles. The molecule has 3 heteroatoms. The van der Waals surface area contributed by atoms with Crippen LogP contribution in [-0.4, -0.2) is 12.4 Å². The van der Waals surface area contributed by atoms with Gasteiger partial charge in [0.15, 0.2) is 11.5 Å². The van der Waals surface area contributed by atoms with Gasteiger partial charge in [-0.2, -0.15) is 0 Å². The van der Waals surface area contributed by atoms with Crippen LogP contribution in [0.15, 0.2) is 28.7 Å². The summed E-state index contributed by atoms with van der Waals surface area (Å²) in [5.74, 6) is 1.52. The fraction of sp³-hybridized carbons (Fsp3) is 0.375. The zero-order chi connectivity index (χ0) is 13.2. The minimum atomic E-state index is -0.301. The van der Waals surface area contributed by atoms with Gasteiger partial charge in [-0.25, -0.2) is 0 Å². The standard InChI is InChI=1S/C16H17O3/c1-11(17)16-9-13-8-14(6-7-15(13)19-16)18-10-12-4-2-3-5-12/h6-9,12H,1-5,10H2. The molecule has 1 aliphatic carbocycles. The Hall–Kier alpha value is -1.77. The van der Waals surface area contributed by atoms with Gasteiger partial charge in [0.05, 0.1) is 6.61 Å². The van der Waals surface area contributed by atoms with E-state index in [1.807, 2.05) is 18.2 Å².